The third-order valence-corrected chi connectivity index (χ3v) is 7.60. The molecule has 1 aromatic rings. The predicted octanol–water partition coefficient (Wildman–Crippen LogP) is 2.14. The van der Waals surface area contributed by atoms with Crippen LogP contribution < -0.4 is 15.8 Å². The molecule has 202 valence electrons. The zero-order valence-corrected chi connectivity index (χ0v) is 21.6. The Labute approximate surface area is 222 Å². The van der Waals surface area contributed by atoms with E-state index in [1.54, 1.807) is 4.90 Å². The summed E-state index contributed by atoms with van der Waals surface area (Å²) in [6, 6.07) is 5.11. The molecule has 0 bridgehead atoms. The molecule has 8 nitrogen and oxygen atoms in total. The zero-order chi connectivity index (χ0) is 23.9. The van der Waals surface area contributed by atoms with Gasteiger partial charge in [-0.2, -0.15) is 0 Å². The largest absolute Gasteiger partial charge is 0.493 e. The number of amides is 2. The van der Waals surface area contributed by atoms with E-state index in [0.29, 0.717) is 39.1 Å². The molecule has 4 aliphatic rings. The molecule has 12 heteroatoms. The van der Waals surface area contributed by atoms with Crippen molar-refractivity contribution in [1.29, 1.82) is 0 Å². The van der Waals surface area contributed by atoms with Crippen LogP contribution in [0.2, 0.25) is 0 Å². The molecule has 0 radical (unpaired) electrons. The SMILES string of the molecule is Cl.Cl.N[C@H](C(=O)N1C[C@H]2CC(F)(F)CN2C[C@H]1C(=O)N[C@@H]1CCOc2ccccc21)C1CCOCC1. The van der Waals surface area contributed by atoms with E-state index < -0.39 is 30.6 Å². The number of para-hydroxylation sites is 1. The van der Waals surface area contributed by atoms with E-state index in [-0.39, 0.29) is 68.1 Å². The van der Waals surface area contributed by atoms with Gasteiger partial charge in [-0.25, -0.2) is 8.78 Å². The van der Waals surface area contributed by atoms with Crippen molar-refractivity contribution in [2.24, 2.45) is 11.7 Å². The summed E-state index contributed by atoms with van der Waals surface area (Å²) in [5, 5.41) is 3.06. The van der Waals surface area contributed by atoms with Gasteiger partial charge < -0.3 is 25.4 Å². The lowest BCUT2D eigenvalue weighted by Crippen LogP contribution is -2.65. The molecule has 36 heavy (non-hydrogen) atoms. The third kappa shape index (κ3) is 5.88. The van der Waals surface area contributed by atoms with E-state index in [1.807, 2.05) is 24.3 Å². The summed E-state index contributed by atoms with van der Waals surface area (Å²) >= 11 is 0. The number of alkyl halides is 2. The Hall–Kier alpha value is -1.72. The number of carbonyl (C=O) groups is 2. The van der Waals surface area contributed by atoms with Crippen LogP contribution in [0.1, 0.15) is 37.3 Å². The van der Waals surface area contributed by atoms with Gasteiger partial charge >= 0.3 is 0 Å². The Morgan fingerprint density at radius 2 is 1.81 bits per heavy atom. The smallest absolute Gasteiger partial charge is 0.262 e. The van der Waals surface area contributed by atoms with Gasteiger partial charge in [0.05, 0.1) is 25.2 Å². The van der Waals surface area contributed by atoms with E-state index >= 15 is 0 Å². The Bertz CT molecular complexity index is 937. The molecule has 3 saturated heterocycles. The molecule has 3 N–H and O–H groups in total. The van der Waals surface area contributed by atoms with Crippen LogP contribution in [0.3, 0.4) is 0 Å². The lowest BCUT2D eigenvalue weighted by atomic mass is 9.90. The second-order valence-electron chi connectivity index (χ2n) is 9.86. The number of benzene rings is 1. The van der Waals surface area contributed by atoms with Gasteiger partial charge in [-0.05, 0) is 24.8 Å². The second-order valence-corrected chi connectivity index (χ2v) is 9.86. The Balaban J connectivity index is 0.00000180. The molecule has 0 saturated carbocycles. The van der Waals surface area contributed by atoms with E-state index in [2.05, 4.69) is 5.32 Å². The third-order valence-electron chi connectivity index (χ3n) is 7.60. The minimum absolute atomic E-state index is 0. The Kier molecular flexibility index (Phi) is 9.43. The first-order valence-electron chi connectivity index (χ1n) is 12.1. The average molecular weight is 551 g/mol. The highest BCUT2D eigenvalue weighted by atomic mass is 35.5. The van der Waals surface area contributed by atoms with Crippen LogP contribution in [0.15, 0.2) is 24.3 Å². The Morgan fingerprint density at radius 1 is 1.08 bits per heavy atom. The summed E-state index contributed by atoms with van der Waals surface area (Å²) in [5.41, 5.74) is 7.24. The van der Waals surface area contributed by atoms with Crippen molar-refractivity contribution in [2.75, 3.05) is 39.5 Å². The first-order valence-corrected chi connectivity index (χ1v) is 12.1. The van der Waals surface area contributed by atoms with E-state index in [9.17, 15) is 18.4 Å². The predicted molar refractivity (Wildman–Crippen MR) is 134 cm³/mol. The minimum atomic E-state index is -2.83. The number of ether oxygens (including phenoxy) is 2. The molecule has 4 aliphatic heterocycles. The van der Waals surface area contributed by atoms with Crippen molar-refractivity contribution in [2.45, 2.75) is 55.8 Å². The molecule has 0 unspecified atom stereocenters. The van der Waals surface area contributed by atoms with Crippen LogP contribution in [0.5, 0.6) is 5.75 Å². The lowest BCUT2D eigenvalue weighted by Gasteiger charge is -2.44. The number of fused-ring (bicyclic) bond motifs is 2. The van der Waals surface area contributed by atoms with Gasteiger partial charge in [-0.3, -0.25) is 14.5 Å². The molecule has 2 amide bonds. The molecule has 4 heterocycles. The summed E-state index contributed by atoms with van der Waals surface area (Å²) in [6.45, 7) is 1.31. The fourth-order valence-electron chi connectivity index (χ4n) is 5.73. The highest BCUT2D eigenvalue weighted by Gasteiger charge is 2.52. The van der Waals surface area contributed by atoms with Crippen LogP contribution in [0.4, 0.5) is 8.78 Å². The number of nitrogens with two attached hydrogens (primary N) is 1. The van der Waals surface area contributed by atoms with Crippen molar-refractivity contribution in [3.8, 4) is 5.75 Å². The molecular formula is C24H34Cl2F2N4O4. The van der Waals surface area contributed by atoms with Crippen LogP contribution in [0, 0.1) is 5.92 Å². The van der Waals surface area contributed by atoms with Gasteiger partial charge in [0.2, 0.25) is 11.8 Å². The van der Waals surface area contributed by atoms with Gasteiger partial charge in [-0.15, -0.1) is 24.8 Å². The summed E-state index contributed by atoms with van der Waals surface area (Å²) in [5.74, 6) is -2.84. The maximum absolute atomic E-state index is 14.2. The van der Waals surface area contributed by atoms with Gasteiger partial charge in [-0.1, -0.05) is 18.2 Å². The van der Waals surface area contributed by atoms with Crippen molar-refractivity contribution in [1.82, 2.24) is 15.1 Å². The van der Waals surface area contributed by atoms with Crippen molar-refractivity contribution >= 4 is 36.6 Å². The molecule has 0 aromatic heterocycles. The fraction of sp³-hybridized carbons (Fsp3) is 0.667. The quantitative estimate of drug-likeness (QED) is 0.596. The van der Waals surface area contributed by atoms with E-state index in [0.717, 1.165) is 11.3 Å². The molecule has 4 atom stereocenters. The van der Waals surface area contributed by atoms with Crippen molar-refractivity contribution in [3.63, 3.8) is 0 Å². The molecule has 1 aromatic carbocycles. The lowest BCUT2D eigenvalue weighted by molar-refractivity contribution is -0.148. The Morgan fingerprint density at radius 3 is 2.56 bits per heavy atom. The average Bonchev–Trinajstić information content (AvgIpc) is 3.15. The molecular weight excluding hydrogens is 517 g/mol. The monoisotopic (exact) mass is 550 g/mol. The van der Waals surface area contributed by atoms with Crippen molar-refractivity contribution in [3.05, 3.63) is 29.8 Å². The van der Waals surface area contributed by atoms with E-state index in [1.165, 1.54) is 4.90 Å². The normalized spacial score (nSPS) is 28.4. The molecule has 0 spiro atoms. The van der Waals surface area contributed by atoms with Crippen molar-refractivity contribution < 1.29 is 27.8 Å². The number of carbonyl (C=O) groups excluding carboxylic acids is 2. The zero-order valence-electron chi connectivity index (χ0n) is 19.9. The van der Waals surface area contributed by atoms with Gasteiger partial charge in [0, 0.05) is 50.8 Å². The number of nitrogens with zero attached hydrogens (tertiary/aromatic N) is 2. The van der Waals surface area contributed by atoms with Gasteiger partial charge in [0.1, 0.15) is 11.8 Å². The molecule has 5 rings (SSSR count). The van der Waals surface area contributed by atoms with Gasteiger partial charge in [0.15, 0.2) is 0 Å². The highest BCUT2D eigenvalue weighted by Crippen LogP contribution is 2.36. The standard InChI is InChI=1S/C24H32F2N4O4.2ClH/c25-24(26)11-16-12-30(23(32)21(27)15-5-8-33-9-6-15)19(13-29(16)14-24)22(31)28-18-7-10-34-20-4-2-1-3-17(18)20;;/h1-4,15-16,18-19,21H,5-14,27H2,(H,28,31);2*1H/t16-,18-,19+,21+;;/m1../s1. The van der Waals surface area contributed by atoms with Crippen LogP contribution in [-0.4, -0.2) is 85.1 Å². The minimum Gasteiger partial charge on any atom is -0.493 e. The summed E-state index contributed by atoms with van der Waals surface area (Å²) in [6.07, 6.45) is 1.62. The number of halogens is 4. The highest BCUT2D eigenvalue weighted by molar-refractivity contribution is 5.90. The number of piperazine rings is 1. The first-order chi connectivity index (χ1) is 16.3. The van der Waals surface area contributed by atoms with Gasteiger partial charge in [0.25, 0.3) is 5.92 Å². The van der Waals surface area contributed by atoms with Crippen LogP contribution >= 0.6 is 24.8 Å². The van der Waals surface area contributed by atoms with E-state index in [4.69, 9.17) is 15.2 Å². The summed E-state index contributed by atoms with van der Waals surface area (Å²) in [7, 11) is 0. The number of hydrogen-bond acceptors (Lipinski definition) is 6. The maximum Gasteiger partial charge on any atom is 0.262 e. The summed E-state index contributed by atoms with van der Waals surface area (Å²) in [4.78, 5) is 30.1. The first kappa shape index (κ1) is 28.8. The topological polar surface area (TPSA) is 97.1 Å². The fourth-order valence-corrected chi connectivity index (χ4v) is 5.73. The molecule has 3 fully saturated rings. The second kappa shape index (κ2) is 11.8. The van der Waals surface area contributed by atoms with Crippen LogP contribution in [0.25, 0.3) is 0 Å². The maximum atomic E-state index is 14.2. The summed E-state index contributed by atoms with van der Waals surface area (Å²) < 4.78 is 39.5. The number of hydrogen-bond donors (Lipinski definition) is 2. The number of rotatable bonds is 4. The number of nitrogens with one attached hydrogen (secondary N) is 1. The molecule has 0 aliphatic carbocycles. The van der Waals surface area contributed by atoms with Crippen LogP contribution in [-0.2, 0) is 14.3 Å².